The zero-order valence-electron chi connectivity index (χ0n) is 15.6. The van der Waals surface area contributed by atoms with Crippen LogP contribution in [0.4, 0.5) is 10.2 Å². The van der Waals surface area contributed by atoms with E-state index in [2.05, 4.69) is 10.3 Å². The number of amides is 1. The third kappa shape index (κ3) is 3.84. The van der Waals surface area contributed by atoms with Gasteiger partial charge in [0.25, 0.3) is 5.56 Å². The number of nitrogens with zero attached hydrogens (tertiary/aromatic N) is 1. The minimum absolute atomic E-state index is 0.163. The van der Waals surface area contributed by atoms with Crippen LogP contribution in [0, 0.1) is 10.6 Å². The SMILES string of the molecule is Cn1c2c(c(=O)[nH]c1=S)C(c1ccc(OCc3cccc(F)c3)cc1)CC(=O)N2. The molecular formula is C21H18FN3O3S. The highest BCUT2D eigenvalue weighted by atomic mass is 32.1. The Morgan fingerprint density at radius 1 is 1.21 bits per heavy atom. The van der Waals surface area contributed by atoms with Gasteiger partial charge >= 0.3 is 0 Å². The van der Waals surface area contributed by atoms with Crippen molar-refractivity contribution >= 4 is 23.9 Å². The molecule has 2 aromatic carbocycles. The van der Waals surface area contributed by atoms with Crippen molar-refractivity contribution in [2.24, 2.45) is 7.05 Å². The van der Waals surface area contributed by atoms with Crippen molar-refractivity contribution in [3.05, 3.63) is 86.2 Å². The van der Waals surface area contributed by atoms with Crippen LogP contribution in [0.3, 0.4) is 0 Å². The number of rotatable bonds is 4. The number of carbonyl (C=O) groups is 1. The maximum atomic E-state index is 13.3. The van der Waals surface area contributed by atoms with E-state index in [1.54, 1.807) is 35.9 Å². The fourth-order valence-electron chi connectivity index (χ4n) is 3.46. The number of aromatic nitrogens is 2. The predicted molar refractivity (Wildman–Crippen MR) is 109 cm³/mol. The second-order valence-electron chi connectivity index (χ2n) is 6.87. The first-order chi connectivity index (χ1) is 13.9. The molecule has 0 aliphatic carbocycles. The first-order valence-electron chi connectivity index (χ1n) is 9.02. The summed E-state index contributed by atoms with van der Waals surface area (Å²) in [6, 6.07) is 13.4. The molecule has 29 heavy (non-hydrogen) atoms. The van der Waals surface area contributed by atoms with Crippen LogP contribution >= 0.6 is 12.2 Å². The van der Waals surface area contributed by atoms with Crippen molar-refractivity contribution in [1.29, 1.82) is 0 Å². The summed E-state index contributed by atoms with van der Waals surface area (Å²) in [5, 5.41) is 2.75. The number of benzene rings is 2. The Labute approximate surface area is 171 Å². The van der Waals surface area contributed by atoms with E-state index in [9.17, 15) is 14.0 Å². The van der Waals surface area contributed by atoms with E-state index < -0.39 is 0 Å². The second-order valence-corrected chi connectivity index (χ2v) is 7.26. The summed E-state index contributed by atoms with van der Waals surface area (Å²) >= 11 is 5.13. The molecular weight excluding hydrogens is 393 g/mol. The number of aromatic amines is 1. The molecule has 6 nitrogen and oxygen atoms in total. The Morgan fingerprint density at radius 3 is 2.69 bits per heavy atom. The fraction of sp³-hybridized carbons (Fsp3) is 0.190. The van der Waals surface area contributed by atoms with E-state index in [0.29, 0.717) is 17.1 Å². The van der Waals surface area contributed by atoms with Crippen LogP contribution in [0.5, 0.6) is 5.75 Å². The van der Waals surface area contributed by atoms with Crippen molar-refractivity contribution in [2.75, 3.05) is 5.32 Å². The van der Waals surface area contributed by atoms with E-state index in [4.69, 9.17) is 17.0 Å². The van der Waals surface area contributed by atoms with Gasteiger partial charge in [-0.25, -0.2) is 4.39 Å². The second kappa shape index (κ2) is 7.63. The van der Waals surface area contributed by atoms with Gasteiger partial charge in [0.05, 0.1) is 5.56 Å². The molecule has 2 N–H and O–H groups in total. The Kier molecular flexibility index (Phi) is 5.02. The maximum absolute atomic E-state index is 13.3. The monoisotopic (exact) mass is 411 g/mol. The molecule has 2 heterocycles. The smallest absolute Gasteiger partial charge is 0.257 e. The molecule has 148 valence electrons. The minimum Gasteiger partial charge on any atom is -0.489 e. The number of nitrogens with one attached hydrogen (secondary N) is 2. The highest BCUT2D eigenvalue weighted by Gasteiger charge is 2.31. The van der Waals surface area contributed by atoms with Crippen LogP contribution in [0.1, 0.15) is 29.0 Å². The van der Waals surface area contributed by atoms with Crippen LogP contribution in [-0.4, -0.2) is 15.5 Å². The topological polar surface area (TPSA) is 76.1 Å². The third-order valence-corrected chi connectivity index (χ3v) is 5.31. The number of ether oxygens (including phenoxy) is 1. The molecule has 4 rings (SSSR count). The quantitative estimate of drug-likeness (QED) is 0.643. The number of anilines is 1. The number of H-pyrrole nitrogens is 1. The molecule has 1 aliphatic rings. The third-order valence-electron chi connectivity index (χ3n) is 4.93. The molecule has 0 saturated carbocycles. The van der Waals surface area contributed by atoms with Gasteiger partial charge in [0, 0.05) is 19.4 Å². The van der Waals surface area contributed by atoms with Crippen LogP contribution < -0.4 is 15.6 Å². The number of halogens is 1. The van der Waals surface area contributed by atoms with E-state index in [1.165, 1.54) is 12.1 Å². The average Bonchev–Trinajstić information content (AvgIpc) is 2.70. The molecule has 1 atom stereocenters. The lowest BCUT2D eigenvalue weighted by Crippen LogP contribution is -2.33. The van der Waals surface area contributed by atoms with Crippen molar-refractivity contribution in [2.45, 2.75) is 18.9 Å². The standard InChI is InChI=1S/C21H18FN3O3S/c1-25-19-18(20(27)24-21(25)29)16(10-17(26)23-19)13-5-7-15(8-6-13)28-11-12-3-2-4-14(22)9-12/h2-9,16H,10-11H2,1H3,(H,23,26)(H,24,27,29). The van der Waals surface area contributed by atoms with E-state index in [1.807, 2.05) is 12.1 Å². The average molecular weight is 411 g/mol. The van der Waals surface area contributed by atoms with Crippen molar-refractivity contribution in [3.63, 3.8) is 0 Å². The zero-order chi connectivity index (χ0) is 20.5. The minimum atomic E-state index is -0.387. The van der Waals surface area contributed by atoms with Gasteiger partial charge in [0.15, 0.2) is 4.77 Å². The number of fused-ring (bicyclic) bond motifs is 1. The molecule has 0 saturated heterocycles. The summed E-state index contributed by atoms with van der Waals surface area (Å²) < 4.78 is 20.8. The Bertz CT molecular complexity index is 1200. The summed E-state index contributed by atoms with van der Waals surface area (Å²) in [4.78, 5) is 27.4. The highest BCUT2D eigenvalue weighted by Crippen LogP contribution is 2.35. The molecule has 0 radical (unpaired) electrons. The number of hydrogen-bond donors (Lipinski definition) is 2. The molecule has 3 aromatic rings. The first kappa shape index (κ1) is 19.1. The van der Waals surface area contributed by atoms with Crippen molar-refractivity contribution in [3.8, 4) is 5.75 Å². The van der Waals surface area contributed by atoms with Gasteiger partial charge in [-0.05, 0) is 47.6 Å². The molecule has 1 unspecified atom stereocenters. The molecule has 0 bridgehead atoms. The Balaban J connectivity index is 1.60. The summed E-state index contributed by atoms with van der Waals surface area (Å²) in [5.41, 5.74) is 1.72. The molecule has 0 spiro atoms. The van der Waals surface area contributed by atoms with Gasteiger partial charge in [-0.2, -0.15) is 0 Å². The van der Waals surface area contributed by atoms with Gasteiger partial charge in [-0.15, -0.1) is 0 Å². The largest absolute Gasteiger partial charge is 0.489 e. The Hall–Kier alpha value is -3.26. The number of carbonyl (C=O) groups excluding carboxylic acids is 1. The van der Waals surface area contributed by atoms with Crippen LogP contribution in [0.15, 0.2) is 53.3 Å². The molecule has 1 amide bonds. The van der Waals surface area contributed by atoms with Gasteiger partial charge in [0.1, 0.15) is 24.0 Å². The molecule has 8 heteroatoms. The zero-order valence-corrected chi connectivity index (χ0v) is 16.4. The lowest BCUT2D eigenvalue weighted by Gasteiger charge is -2.26. The fourth-order valence-corrected chi connectivity index (χ4v) is 3.64. The summed E-state index contributed by atoms with van der Waals surface area (Å²) in [6.45, 7) is 0.239. The summed E-state index contributed by atoms with van der Waals surface area (Å²) in [5.74, 6) is 0.160. The van der Waals surface area contributed by atoms with Gasteiger partial charge in [0.2, 0.25) is 5.91 Å². The van der Waals surface area contributed by atoms with Crippen molar-refractivity contribution < 1.29 is 13.9 Å². The first-order valence-corrected chi connectivity index (χ1v) is 9.43. The van der Waals surface area contributed by atoms with Crippen LogP contribution in [0.2, 0.25) is 0 Å². The van der Waals surface area contributed by atoms with Crippen molar-refractivity contribution in [1.82, 2.24) is 9.55 Å². The lowest BCUT2D eigenvalue weighted by molar-refractivity contribution is -0.116. The highest BCUT2D eigenvalue weighted by molar-refractivity contribution is 7.71. The van der Waals surface area contributed by atoms with Crippen LogP contribution in [0.25, 0.3) is 0 Å². The maximum Gasteiger partial charge on any atom is 0.257 e. The predicted octanol–water partition coefficient (Wildman–Crippen LogP) is 3.64. The number of hydrogen-bond acceptors (Lipinski definition) is 4. The Morgan fingerprint density at radius 2 is 1.97 bits per heavy atom. The molecule has 1 aromatic heterocycles. The van der Waals surface area contributed by atoms with Crippen LogP contribution in [-0.2, 0) is 18.4 Å². The van der Waals surface area contributed by atoms with Gasteiger partial charge in [-0.1, -0.05) is 24.3 Å². The molecule has 1 aliphatic heterocycles. The summed E-state index contributed by atoms with van der Waals surface area (Å²) in [6.07, 6.45) is 0.163. The van der Waals surface area contributed by atoms with Gasteiger partial charge < -0.3 is 14.6 Å². The van der Waals surface area contributed by atoms with E-state index >= 15 is 0 Å². The lowest BCUT2D eigenvalue weighted by atomic mass is 9.87. The van der Waals surface area contributed by atoms with Gasteiger partial charge in [-0.3, -0.25) is 14.6 Å². The van der Waals surface area contributed by atoms with E-state index in [0.717, 1.165) is 11.1 Å². The van der Waals surface area contributed by atoms with E-state index in [-0.39, 0.29) is 41.0 Å². The molecule has 0 fully saturated rings. The normalized spacial score (nSPS) is 15.5. The summed E-state index contributed by atoms with van der Waals surface area (Å²) in [7, 11) is 1.70.